The Hall–Kier alpha value is -3.66. The van der Waals surface area contributed by atoms with Gasteiger partial charge in [0.15, 0.2) is 0 Å². The Morgan fingerprint density at radius 1 is 1.13 bits per heavy atom. The summed E-state index contributed by atoms with van der Waals surface area (Å²) in [6, 6.07) is 20.4. The first kappa shape index (κ1) is 22.0. The molecule has 31 heavy (non-hydrogen) atoms. The van der Waals surface area contributed by atoms with E-state index in [1.807, 2.05) is 48.5 Å². The normalized spacial score (nSPS) is 10.9. The molecular weight excluding hydrogens is 433 g/mol. The number of fused-ring (bicyclic) bond motifs is 1. The molecule has 0 atom stereocenters. The van der Waals surface area contributed by atoms with Crippen molar-refractivity contribution in [2.24, 2.45) is 0 Å². The summed E-state index contributed by atoms with van der Waals surface area (Å²) in [4.78, 5) is 17.1. The van der Waals surface area contributed by atoms with E-state index in [1.165, 1.54) is 6.08 Å². The van der Waals surface area contributed by atoms with Crippen molar-refractivity contribution in [1.82, 2.24) is 14.8 Å². The van der Waals surface area contributed by atoms with Gasteiger partial charge in [-0.15, -0.1) is 12.4 Å². The van der Waals surface area contributed by atoms with Crippen LogP contribution in [0.4, 0.5) is 5.69 Å². The molecular formula is C23H17Cl2N5O. The smallest absolute Gasteiger partial charge is 0.266 e. The van der Waals surface area contributed by atoms with Gasteiger partial charge in [-0.1, -0.05) is 35.9 Å². The molecule has 0 spiro atoms. The van der Waals surface area contributed by atoms with E-state index < -0.39 is 5.91 Å². The van der Waals surface area contributed by atoms with Crippen LogP contribution in [0.1, 0.15) is 11.3 Å². The Balaban J connectivity index is 0.00000272. The maximum atomic E-state index is 12.8. The van der Waals surface area contributed by atoms with E-state index >= 15 is 0 Å². The maximum absolute atomic E-state index is 12.8. The van der Waals surface area contributed by atoms with Gasteiger partial charge in [-0.25, -0.2) is 4.68 Å². The highest BCUT2D eigenvalue weighted by Gasteiger charge is 2.17. The van der Waals surface area contributed by atoms with E-state index in [0.717, 1.165) is 16.6 Å². The molecule has 0 fully saturated rings. The molecule has 4 rings (SSSR count). The number of hydrogen-bond donors (Lipinski definition) is 1. The highest BCUT2D eigenvalue weighted by molar-refractivity contribution is 6.31. The van der Waals surface area contributed by atoms with Crippen molar-refractivity contribution < 1.29 is 4.79 Å². The highest BCUT2D eigenvalue weighted by Crippen LogP contribution is 2.26. The molecule has 0 saturated heterocycles. The van der Waals surface area contributed by atoms with Gasteiger partial charge in [-0.2, -0.15) is 10.4 Å². The van der Waals surface area contributed by atoms with Crippen molar-refractivity contribution in [3.8, 4) is 11.8 Å². The largest absolute Gasteiger partial charge is 0.321 e. The topological polar surface area (TPSA) is 83.6 Å². The lowest BCUT2D eigenvalue weighted by Crippen LogP contribution is -2.13. The molecule has 8 heteroatoms. The second kappa shape index (κ2) is 9.43. The average Bonchev–Trinajstić information content (AvgIpc) is 3.06. The first-order chi connectivity index (χ1) is 14.6. The number of nitriles is 1. The van der Waals surface area contributed by atoms with E-state index in [1.54, 1.807) is 36.0 Å². The van der Waals surface area contributed by atoms with E-state index in [9.17, 15) is 10.1 Å². The van der Waals surface area contributed by atoms with Crippen molar-refractivity contribution in [2.45, 2.75) is 6.92 Å². The zero-order valence-electron chi connectivity index (χ0n) is 16.4. The number of halogens is 2. The van der Waals surface area contributed by atoms with Crippen LogP contribution in [0.3, 0.4) is 0 Å². The SMILES string of the molecule is Cc1nn(-c2ccccc2)c(Cl)c1/C=C(\C#N)C(=O)Nc1cccc2ncccc12.Cl. The molecule has 2 aromatic carbocycles. The standard InChI is InChI=1S/C23H16ClN5O.ClH/c1-15-19(22(24)29(28-15)17-7-3-2-4-8-17)13-16(14-25)23(30)27-21-11-5-10-20-18(21)9-6-12-26-20;/h2-13H,1H3,(H,27,30);1H/b16-13+;. The molecule has 0 aliphatic carbocycles. The summed E-state index contributed by atoms with van der Waals surface area (Å²) in [5, 5.41) is 17.9. The van der Waals surface area contributed by atoms with E-state index in [-0.39, 0.29) is 18.0 Å². The third-order valence-corrected chi connectivity index (χ3v) is 4.96. The summed E-state index contributed by atoms with van der Waals surface area (Å²) in [7, 11) is 0. The van der Waals surface area contributed by atoms with E-state index in [2.05, 4.69) is 15.4 Å². The fraction of sp³-hybridized carbons (Fsp3) is 0.0435. The van der Waals surface area contributed by atoms with Crippen LogP contribution in [-0.2, 0) is 4.79 Å². The van der Waals surface area contributed by atoms with Crippen LogP contribution in [-0.4, -0.2) is 20.7 Å². The van der Waals surface area contributed by atoms with Gasteiger partial charge in [0.25, 0.3) is 5.91 Å². The number of carbonyl (C=O) groups is 1. The summed E-state index contributed by atoms with van der Waals surface area (Å²) in [5.41, 5.74) is 3.17. The van der Waals surface area contributed by atoms with Crippen molar-refractivity contribution in [1.29, 1.82) is 5.26 Å². The number of nitrogens with zero attached hydrogens (tertiary/aromatic N) is 4. The Bertz CT molecular complexity index is 1320. The molecule has 0 unspecified atom stereocenters. The van der Waals surface area contributed by atoms with Gasteiger partial charge < -0.3 is 5.32 Å². The van der Waals surface area contributed by atoms with Crippen molar-refractivity contribution >= 4 is 52.6 Å². The van der Waals surface area contributed by atoms with Crippen LogP contribution in [0.5, 0.6) is 0 Å². The zero-order valence-corrected chi connectivity index (χ0v) is 18.0. The molecule has 0 aliphatic rings. The Morgan fingerprint density at radius 2 is 1.90 bits per heavy atom. The van der Waals surface area contributed by atoms with Gasteiger partial charge >= 0.3 is 0 Å². The second-order valence-electron chi connectivity index (χ2n) is 6.54. The summed E-state index contributed by atoms with van der Waals surface area (Å²) >= 11 is 6.51. The minimum absolute atomic E-state index is 0. The number of rotatable bonds is 4. The molecule has 0 radical (unpaired) electrons. The second-order valence-corrected chi connectivity index (χ2v) is 6.89. The molecule has 4 aromatic rings. The quantitative estimate of drug-likeness (QED) is 0.336. The number of hydrogen-bond acceptors (Lipinski definition) is 4. The van der Waals surface area contributed by atoms with Crippen LogP contribution >= 0.6 is 24.0 Å². The fourth-order valence-corrected chi connectivity index (χ4v) is 3.44. The van der Waals surface area contributed by atoms with Gasteiger partial charge in [0.05, 0.1) is 22.6 Å². The number of carbonyl (C=O) groups excluding carboxylic acids is 1. The summed E-state index contributed by atoms with van der Waals surface area (Å²) in [6.07, 6.45) is 3.15. The minimum Gasteiger partial charge on any atom is -0.321 e. The van der Waals surface area contributed by atoms with E-state index in [4.69, 9.17) is 11.6 Å². The Kier molecular flexibility index (Phi) is 6.71. The molecule has 6 nitrogen and oxygen atoms in total. The van der Waals surface area contributed by atoms with Crippen molar-refractivity contribution in [3.05, 3.63) is 88.8 Å². The number of aromatic nitrogens is 3. The maximum Gasteiger partial charge on any atom is 0.266 e. The molecule has 154 valence electrons. The lowest BCUT2D eigenvalue weighted by atomic mass is 10.1. The lowest BCUT2D eigenvalue weighted by molar-refractivity contribution is -0.112. The minimum atomic E-state index is -0.531. The van der Waals surface area contributed by atoms with E-state index in [0.29, 0.717) is 22.1 Å². The average molecular weight is 450 g/mol. The number of anilines is 1. The summed E-state index contributed by atoms with van der Waals surface area (Å²) < 4.78 is 1.58. The molecule has 0 bridgehead atoms. The van der Waals surface area contributed by atoms with Crippen LogP contribution < -0.4 is 5.32 Å². The van der Waals surface area contributed by atoms with Crippen molar-refractivity contribution in [3.63, 3.8) is 0 Å². The summed E-state index contributed by atoms with van der Waals surface area (Å²) in [6.45, 7) is 1.78. The predicted octanol–water partition coefficient (Wildman–Crippen LogP) is 5.35. The molecule has 1 amide bonds. The number of para-hydroxylation sites is 1. The van der Waals surface area contributed by atoms with Gasteiger partial charge in [0, 0.05) is 17.1 Å². The number of pyridine rings is 1. The third-order valence-electron chi connectivity index (χ3n) is 4.60. The van der Waals surface area contributed by atoms with Crippen molar-refractivity contribution in [2.75, 3.05) is 5.32 Å². The zero-order chi connectivity index (χ0) is 21.1. The van der Waals surface area contributed by atoms with Gasteiger partial charge in [0.2, 0.25) is 0 Å². The van der Waals surface area contributed by atoms with Crippen LogP contribution in [0.15, 0.2) is 72.4 Å². The third kappa shape index (κ3) is 4.43. The molecule has 2 aromatic heterocycles. The van der Waals surface area contributed by atoms with Crippen LogP contribution in [0.25, 0.3) is 22.7 Å². The monoisotopic (exact) mass is 449 g/mol. The van der Waals surface area contributed by atoms with Crippen LogP contribution in [0, 0.1) is 18.3 Å². The van der Waals surface area contributed by atoms with Crippen LogP contribution in [0.2, 0.25) is 5.15 Å². The lowest BCUT2D eigenvalue weighted by Gasteiger charge is -2.07. The number of aryl methyl sites for hydroxylation is 1. The molecule has 1 N–H and O–H groups in total. The Labute approximate surface area is 190 Å². The first-order valence-corrected chi connectivity index (χ1v) is 9.53. The fourth-order valence-electron chi connectivity index (χ4n) is 3.11. The number of amides is 1. The van der Waals surface area contributed by atoms with Gasteiger partial charge in [-0.05, 0) is 49.4 Å². The molecule has 0 saturated carbocycles. The van der Waals surface area contributed by atoms with Gasteiger partial charge in [-0.3, -0.25) is 9.78 Å². The number of benzene rings is 2. The first-order valence-electron chi connectivity index (χ1n) is 9.16. The molecule has 0 aliphatic heterocycles. The summed E-state index contributed by atoms with van der Waals surface area (Å²) in [5.74, 6) is -0.531. The number of nitrogens with one attached hydrogen (secondary N) is 1. The Morgan fingerprint density at radius 3 is 2.65 bits per heavy atom. The predicted molar refractivity (Wildman–Crippen MR) is 125 cm³/mol. The highest BCUT2D eigenvalue weighted by atomic mass is 35.5. The van der Waals surface area contributed by atoms with Gasteiger partial charge in [0.1, 0.15) is 16.8 Å². The molecule has 2 heterocycles.